The molecular weight excluding hydrogens is 530 g/mol. The summed E-state index contributed by atoms with van der Waals surface area (Å²) in [5, 5.41) is 14.5. The Kier molecular flexibility index (Phi) is 12.4. The minimum Gasteiger partial charge on any atom is -0.491 e. The SMILES string of the molecule is COC(=O)C(=Cc1ccc(C#N)cc1OC[C@H](CCC(=O)OCc1ccccc1)NC(=O)OC(C)(C)C)NC(C)=O. The number of rotatable bonds is 12. The highest BCUT2D eigenvalue weighted by Crippen LogP contribution is 2.24. The fourth-order valence-corrected chi connectivity index (χ4v) is 3.41. The van der Waals surface area contributed by atoms with Crippen molar-refractivity contribution in [1.82, 2.24) is 10.6 Å². The van der Waals surface area contributed by atoms with Crippen LogP contribution in [0.5, 0.6) is 5.75 Å². The Morgan fingerprint density at radius 3 is 2.39 bits per heavy atom. The van der Waals surface area contributed by atoms with Gasteiger partial charge in [0.05, 0.1) is 24.8 Å². The molecular formula is C30H35N3O8. The summed E-state index contributed by atoms with van der Waals surface area (Å²) in [4.78, 5) is 48.7. The van der Waals surface area contributed by atoms with Crippen molar-refractivity contribution in [3.63, 3.8) is 0 Å². The highest BCUT2D eigenvalue weighted by molar-refractivity contribution is 5.97. The molecule has 0 aromatic heterocycles. The molecule has 41 heavy (non-hydrogen) atoms. The number of carbonyl (C=O) groups is 4. The van der Waals surface area contributed by atoms with Gasteiger partial charge in [0.25, 0.3) is 0 Å². The van der Waals surface area contributed by atoms with E-state index in [1.807, 2.05) is 36.4 Å². The number of amides is 2. The summed E-state index contributed by atoms with van der Waals surface area (Å²) in [6.45, 7) is 6.41. The Labute approximate surface area is 239 Å². The number of carbonyl (C=O) groups excluding carboxylic acids is 4. The molecule has 0 bridgehead atoms. The van der Waals surface area contributed by atoms with Crippen molar-refractivity contribution in [3.8, 4) is 11.8 Å². The third kappa shape index (κ3) is 12.3. The molecule has 0 fully saturated rings. The molecule has 2 aromatic carbocycles. The molecule has 2 N–H and O–H groups in total. The van der Waals surface area contributed by atoms with Crippen molar-refractivity contribution in [2.24, 2.45) is 0 Å². The highest BCUT2D eigenvalue weighted by Gasteiger charge is 2.22. The summed E-state index contributed by atoms with van der Waals surface area (Å²) in [6, 6.07) is 15.1. The molecule has 2 amide bonds. The number of benzene rings is 2. The van der Waals surface area contributed by atoms with Crippen molar-refractivity contribution in [2.75, 3.05) is 13.7 Å². The predicted octanol–water partition coefficient (Wildman–Crippen LogP) is 4.00. The van der Waals surface area contributed by atoms with Gasteiger partial charge in [0, 0.05) is 18.9 Å². The fourth-order valence-electron chi connectivity index (χ4n) is 3.41. The van der Waals surface area contributed by atoms with E-state index in [4.69, 9.17) is 18.9 Å². The van der Waals surface area contributed by atoms with Gasteiger partial charge in [-0.05, 0) is 57.0 Å². The van der Waals surface area contributed by atoms with E-state index in [1.54, 1.807) is 20.8 Å². The first-order valence-electron chi connectivity index (χ1n) is 12.8. The van der Waals surface area contributed by atoms with Crippen LogP contribution >= 0.6 is 0 Å². The topological polar surface area (TPSA) is 153 Å². The quantitative estimate of drug-likeness (QED) is 0.221. The summed E-state index contributed by atoms with van der Waals surface area (Å²) >= 11 is 0. The number of ether oxygens (including phenoxy) is 4. The van der Waals surface area contributed by atoms with Crippen LogP contribution in [0.15, 0.2) is 54.2 Å². The molecule has 0 saturated carbocycles. The molecule has 0 aliphatic heterocycles. The van der Waals surface area contributed by atoms with E-state index in [1.165, 1.54) is 38.3 Å². The number of nitrogens with zero attached hydrogens (tertiary/aromatic N) is 1. The van der Waals surface area contributed by atoms with Crippen LogP contribution in [-0.2, 0) is 35.2 Å². The summed E-state index contributed by atoms with van der Waals surface area (Å²) in [7, 11) is 1.17. The minimum atomic E-state index is -0.783. The number of hydrogen-bond acceptors (Lipinski definition) is 9. The van der Waals surface area contributed by atoms with Gasteiger partial charge >= 0.3 is 18.0 Å². The number of nitriles is 1. The Bertz CT molecular complexity index is 1290. The van der Waals surface area contributed by atoms with Gasteiger partial charge in [0.2, 0.25) is 5.91 Å². The van der Waals surface area contributed by atoms with Crippen LogP contribution in [0.1, 0.15) is 57.2 Å². The first kappa shape index (κ1) is 32.4. The van der Waals surface area contributed by atoms with Crippen LogP contribution in [-0.4, -0.2) is 49.3 Å². The normalized spacial score (nSPS) is 11.9. The number of hydrogen-bond donors (Lipinski definition) is 2. The fraction of sp³-hybridized carbons (Fsp3) is 0.367. The van der Waals surface area contributed by atoms with E-state index in [0.717, 1.165) is 5.56 Å². The average molecular weight is 566 g/mol. The van der Waals surface area contributed by atoms with E-state index >= 15 is 0 Å². The summed E-state index contributed by atoms with van der Waals surface area (Å²) in [5.74, 6) is -1.54. The zero-order valence-corrected chi connectivity index (χ0v) is 23.8. The van der Waals surface area contributed by atoms with Crippen molar-refractivity contribution in [3.05, 3.63) is 70.9 Å². The second-order valence-electron chi connectivity index (χ2n) is 9.93. The second-order valence-corrected chi connectivity index (χ2v) is 9.93. The standard InChI is InChI=1S/C30H35N3O8/c1-20(34)32-25(28(36)38-5)16-23-12-11-22(17-31)15-26(23)39-19-24(33-29(37)41-30(2,3)4)13-14-27(35)40-18-21-9-7-6-8-10-21/h6-12,15-16,24H,13-14,18-19H2,1-5H3,(H,32,34)(H,33,37)/t24-/m0/s1. The second kappa shape index (κ2) is 15.7. The van der Waals surface area contributed by atoms with E-state index < -0.39 is 35.6 Å². The molecule has 2 aromatic rings. The molecule has 0 spiro atoms. The lowest BCUT2D eigenvalue weighted by atomic mass is 10.1. The van der Waals surface area contributed by atoms with Crippen molar-refractivity contribution >= 4 is 30.0 Å². The van der Waals surface area contributed by atoms with E-state index in [9.17, 15) is 24.4 Å². The predicted molar refractivity (Wildman–Crippen MR) is 149 cm³/mol. The number of esters is 2. The monoisotopic (exact) mass is 565 g/mol. The molecule has 0 saturated heterocycles. The van der Waals surface area contributed by atoms with Gasteiger partial charge in [-0.3, -0.25) is 9.59 Å². The zero-order valence-electron chi connectivity index (χ0n) is 23.8. The maximum Gasteiger partial charge on any atom is 0.407 e. The molecule has 0 heterocycles. The Hall–Kier alpha value is -4.85. The smallest absolute Gasteiger partial charge is 0.407 e. The number of alkyl carbamates (subject to hydrolysis) is 1. The van der Waals surface area contributed by atoms with E-state index in [0.29, 0.717) is 5.56 Å². The van der Waals surface area contributed by atoms with Crippen LogP contribution in [0.4, 0.5) is 4.79 Å². The Morgan fingerprint density at radius 1 is 1.07 bits per heavy atom. The maximum absolute atomic E-state index is 12.5. The van der Waals surface area contributed by atoms with Crippen LogP contribution in [0.3, 0.4) is 0 Å². The first-order valence-corrected chi connectivity index (χ1v) is 12.8. The van der Waals surface area contributed by atoms with Crippen LogP contribution in [0, 0.1) is 11.3 Å². The lowest BCUT2D eigenvalue weighted by Crippen LogP contribution is -2.42. The van der Waals surface area contributed by atoms with Gasteiger partial charge in [-0.15, -0.1) is 0 Å². The van der Waals surface area contributed by atoms with Crippen molar-refractivity contribution < 1.29 is 38.1 Å². The third-order valence-corrected chi connectivity index (χ3v) is 5.26. The summed E-state index contributed by atoms with van der Waals surface area (Å²) in [6.07, 6.45) is 0.792. The Balaban J connectivity index is 2.22. The van der Waals surface area contributed by atoms with Gasteiger partial charge < -0.3 is 29.6 Å². The first-order chi connectivity index (χ1) is 19.4. The van der Waals surface area contributed by atoms with Crippen molar-refractivity contribution in [1.29, 1.82) is 5.26 Å². The van der Waals surface area contributed by atoms with Crippen LogP contribution in [0.2, 0.25) is 0 Å². The molecule has 11 heteroatoms. The van der Waals surface area contributed by atoms with E-state index in [2.05, 4.69) is 10.6 Å². The largest absolute Gasteiger partial charge is 0.491 e. The Morgan fingerprint density at radius 2 is 1.78 bits per heavy atom. The lowest BCUT2D eigenvalue weighted by Gasteiger charge is -2.24. The van der Waals surface area contributed by atoms with Gasteiger partial charge in [-0.25, -0.2) is 9.59 Å². The van der Waals surface area contributed by atoms with Gasteiger partial charge in [-0.1, -0.05) is 30.3 Å². The maximum atomic E-state index is 12.5. The van der Waals surface area contributed by atoms with Gasteiger partial charge in [0.15, 0.2) is 0 Å². The third-order valence-electron chi connectivity index (χ3n) is 5.26. The van der Waals surface area contributed by atoms with E-state index in [-0.39, 0.29) is 43.1 Å². The number of methoxy groups -OCH3 is 1. The molecule has 0 unspecified atom stereocenters. The van der Waals surface area contributed by atoms with Crippen LogP contribution in [0.25, 0.3) is 6.08 Å². The molecule has 11 nitrogen and oxygen atoms in total. The highest BCUT2D eigenvalue weighted by atomic mass is 16.6. The zero-order chi connectivity index (χ0) is 30.4. The van der Waals surface area contributed by atoms with Crippen molar-refractivity contribution in [2.45, 2.75) is 58.8 Å². The lowest BCUT2D eigenvalue weighted by molar-refractivity contribution is -0.145. The molecule has 1 atom stereocenters. The number of nitrogens with one attached hydrogen (secondary N) is 2. The average Bonchev–Trinajstić information content (AvgIpc) is 2.92. The van der Waals surface area contributed by atoms with Crippen LogP contribution < -0.4 is 15.4 Å². The molecule has 2 rings (SSSR count). The summed E-state index contributed by atoms with van der Waals surface area (Å²) in [5.41, 5.74) is 0.584. The van der Waals surface area contributed by atoms with Gasteiger partial charge in [-0.2, -0.15) is 5.26 Å². The minimum absolute atomic E-state index is 0.0172. The molecule has 218 valence electrons. The molecule has 0 radical (unpaired) electrons. The molecule has 0 aliphatic rings. The molecule has 0 aliphatic carbocycles. The summed E-state index contributed by atoms with van der Waals surface area (Å²) < 4.78 is 21.4. The van der Waals surface area contributed by atoms with Gasteiger partial charge in [0.1, 0.15) is 30.3 Å².